The smallest absolute Gasteiger partial charge is 0.223 e. The predicted molar refractivity (Wildman–Crippen MR) is 77.8 cm³/mol. The topological polar surface area (TPSA) is 59.5 Å². The molecule has 2 rings (SSSR count). The zero-order chi connectivity index (χ0) is 13.7. The van der Waals surface area contributed by atoms with Crippen LogP contribution in [-0.2, 0) is 11.2 Å². The fourth-order valence-electron chi connectivity index (χ4n) is 2.63. The van der Waals surface area contributed by atoms with Gasteiger partial charge in [0, 0.05) is 18.9 Å². The number of hydrogen-bond acceptors (Lipinski definition) is 3. The van der Waals surface area contributed by atoms with Crippen LogP contribution in [-0.4, -0.2) is 28.4 Å². The Bertz CT molecular complexity index is 425. The number of amides is 1. The Morgan fingerprint density at radius 3 is 2.79 bits per heavy atom. The zero-order valence-corrected chi connectivity index (χ0v) is 11.8. The molecule has 4 nitrogen and oxygen atoms in total. The van der Waals surface area contributed by atoms with Gasteiger partial charge < -0.3 is 15.1 Å². The molecule has 0 saturated heterocycles. The number of carbonyl (C=O) groups excluding carboxylic acids is 1. The van der Waals surface area contributed by atoms with Crippen molar-refractivity contribution in [1.29, 1.82) is 0 Å². The number of carbonyl (C=O) groups is 1. The first-order chi connectivity index (χ1) is 9.16. The summed E-state index contributed by atoms with van der Waals surface area (Å²) in [6.45, 7) is 0.400. The van der Waals surface area contributed by atoms with Gasteiger partial charge in [0.1, 0.15) is 5.76 Å². The van der Waals surface area contributed by atoms with E-state index in [4.69, 9.17) is 22.4 Å². The molecule has 0 bridgehead atoms. The molecule has 0 unspecified atom stereocenters. The average Bonchev–Trinajstić information content (AvgIpc) is 3.05. The van der Waals surface area contributed by atoms with E-state index < -0.39 is 0 Å². The second kappa shape index (κ2) is 6.70. The van der Waals surface area contributed by atoms with E-state index in [2.05, 4.69) is 0 Å². The van der Waals surface area contributed by atoms with Gasteiger partial charge in [-0.2, -0.15) is 0 Å². The van der Waals surface area contributed by atoms with Crippen molar-refractivity contribution in [3.8, 4) is 0 Å². The van der Waals surface area contributed by atoms with Crippen molar-refractivity contribution in [3.05, 3.63) is 24.2 Å². The molecule has 104 valence electrons. The van der Waals surface area contributed by atoms with E-state index in [1.807, 2.05) is 17.0 Å². The second-order valence-electron chi connectivity index (χ2n) is 5.01. The van der Waals surface area contributed by atoms with Crippen LogP contribution in [0.2, 0.25) is 0 Å². The molecule has 1 amide bonds. The Labute approximate surface area is 118 Å². The van der Waals surface area contributed by atoms with Crippen molar-refractivity contribution in [2.45, 2.75) is 44.6 Å². The Morgan fingerprint density at radius 1 is 1.47 bits per heavy atom. The first-order valence-corrected chi connectivity index (χ1v) is 7.18. The Kier molecular flexibility index (Phi) is 4.96. The minimum atomic E-state index is 0.121. The second-order valence-corrected chi connectivity index (χ2v) is 5.53. The number of nitrogens with zero attached hydrogens (tertiary/aromatic N) is 1. The summed E-state index contributed by atoms with van der Waals surface area (Å²) in [6, 6.07) is 4.04. The van der Waals surface area contributed by atoms with Gasteiger partial charge in [0.15, 0.2) is 0 Å². The summed E-state index contributed by atoms with van der Waals surface area (Å²) in [5.74, 6) is 0.964. The number of thiocarbonyl (C=S) groups is 1. The molecule has 0 aromatic carbocycles. The lowest BCUT2D eigenvalue weighted by atomic mass is 10.1. The molecule has 0 aliphatic heterocycles. The van der Waals surface area contributed by atoms with E-state index >= 15 is 0 Å². The largest absolute Gasteiger partial charge is 0.469 e. The highest BCUT2D eigenvalue weighted by Gasteiger charge is 2.26. The van der Waals surface area contributed by atoms with Crippen molar-refractivity contribution in [3.63, 3.8) is 0 Å². The number of furan rings is 1. The molecule has 1 aliphatic rings. The highest BCUT2D eigenvalue weighted by Crippen LogP contribution is 2.24. The summed E-state index contributed by atoms with van der Waals surface area (Å²) >= 11 is 4.96. The van der Waals surface area contributed by atoms with Gasteiger partial charge in [-0.15, -0.1) is 0 Å². The highest BCUT2D eigenvalue weighted by molar-refractivity contribution is 7.80. The summed E-state index contributed by atoms with van der Waals surface area (Å²) in [5, 5.41) is 0. The molecular formula is C14H20N2O2S. The molecule has 1 heterocycles. The van der Waals surface area contributed by atoms with Crippen LogP contribution in [0.4, 0.5) is 0 Å². The third-order valence-electron chi connectivity index (χ3n) is 3.58. The molecule has 1 aliphatic carbocycles. The van der Waals surface area contributed by atoms with E-state index in [9.17, 15) is 4.79 Å². The molecule has 2 N–H and O–H groups in total. The normalized spacial score (nSPS) is 15.6. The molecule has 0 radical (unpaired) electrons. The minimum absolute atomic E-state index is 0.121. The van der Waals surface area contributed by atoms with Crippen LogP contribution >= 0.6 is 12.2 Å². The Morgan fingerprint density at radius 2 is 2.21 bits per heavy atom. The van der Waals surface area contributed by atoms with Crippen LogP contribution in [0, 0.1) is 0 Å². The van der Waals surface area contributed by atoms with Crippen molar-refractivity contribution in [1.82, 2.24) is 4.90 Å². The van der Waals surface area contributed by atoms with Gasteiger partial charge in [-0.3, -0.25) is 4.79 Å². The Balaban J connectivity index is 1.92. The molecule has 0 atom stereocenters. The molecule has 0 spiro atoms. The highest BCUT2D eigenvalue weighted by atomic mass is 32.1. The number of nitrogens with two attached hydrogens (primary N) is 1. The number of aryl methyl sites for hydroxylation is 1. The lowest BCUT2D eigenvalue weighted by molar-refractivity contribution is -0.132. The van der Waals surface area contributed by atoms with E-state index in [1.54, 1.807) is 6.26 Å². The standard InChI is InChI=1S/C14H20N2O2S/c15-13(19)10-16(11-4-1-2-5-11)14(17)8-7-12-6-3-9-18-12/h3,6,9,11H,1-2,4-5,7-8,10H2,(H2,15,19). The first kappa shape index (κ1) is 14.1. The zero-order valence-electron chi connectivity index (χ0n) is 11.0. The van der Waals surface area contributed by atoms with Gasteiger partial charge in [0.2, 0.25) is 5.91 Å². The summed E-state index contributed by atoms with van der Waals surface area (Å²) < 4.78 is 5.25. The molecular weight excluding hydrogens is 260 g/mol. The third-order valence-corrected chi connectivity index (χ3v) is 3.71. The van der Waals surface area contributed by atoms with Crippen molar-refractivity contribution in [2.24, 2.45) is 5.73 Å². The van der Waals surface area contributed by atoms with E-state index in [1.165, 1.54) is 12.8 Å². The van der Waals surface area contributed by atoms with E-state index in [0.717, 1.165) is 18.6 Å². The predicted octanol–water partition coefficient (Wildman–Crippen LogP) is 2.27. The van der Waals surface area contributed by atoms with E-state index in [-0.39, 0.29) is 5.91 Å². The van der Waals surface area contributed by atoms with Crippen LogP contribution in [0.25, 0.3) is 0 Å². The number of rotatable bonds is 6. The van der Waals surface area contributed by atoms with Crippen molar-refractivity contribution < 1.29 is 9.21 Å². The molecule has 1 saturated carbocycles. The average molecular weight is 280 g/mol. The van der Waals surface area contributed by atoms with Crippen LogP contribution in [0.15, 0.2) is 22.8 Å². The number of hydrogen-bond donors (Lipinski definition) is 1. The van der Waals surface area contributed by atoms with Gasteiger partial charge in [-0.1, -0.05) is 25.1 Å². The maximum absolute atomic E-state index is 12.3. The van der Waals surface area contributed by atoms with Gasteiger partial charge in [-0.05, 0) is 25.0 Å². The summed E-state index contributed by atoms with van der Waals surface area (Å²) in [7, 11) is 0. The van der Waals surface area contributed by atoms with Crippen LogP contribution < -0.4 is 5.73 Å². The fourth-order valence-corrected chi connectivity index (χ4v) is 2.77. The van der Waals surface area contributed by atoms with Crippen LogP contribution in [0.5, 0.6) is 0 Å². The summed E-state index contributed by atoms with van der Waals surface area (Å²) in [5.41, 5.74) is 5.61. The van der Waals surface area contributed by atoms with Crippen LogP contribution in [0.3, 0.4) is 0 Å². The van der Waals surface area contributed by atoms with E-state index in [0.29, 0.717) is 30.4 Å². The quantitative estimate of drug-likeness (QED) is 0.812. The Hall–Kier alpha value is -1.36. The molecule has 5 heteroatoms. The minimum Gasteiger partial charge on any atom is -0.469 e. The fraction of sp³-hybridized carbons (Fsp3) is 0.571. The van der Waals surface area contributed by atoms with Gasteiger partial charge >= 0.3 is 0 Å². The summed E-state index contributed by atoms with van der Waals surface area (Å²) in [6.07, 6.45) is 7.21. The van der Waals surface area contributed by atoms with Crippen molar-refractivity contribution >= 4 is 23.1 Å². The molecule has 1 aromatic heterocycles. The maximum atomic E-state index is 12.3. The monoisotopic (exact) mass is 280 g/mol. The van der Waals surface area contributed by atoms with Gasteiger partial charge in [0.05, 0.1) is 17.8 Å². The van der Waals surface area contributed by atoms with Crippen LogP contribution in [0.1, 0.15) is 37.9 Å². The summed E-state index contributed by atoms with van der Waals surface area (Å²) in [4.78, 5) is 14.6. The van der Waals surface area contributed by atoms with Gasteiger partial charge in [0.25, 0.3) is 0 Å². The first-order valence-electron chi connectivity index (χ1n) is 6.77. The lowest BCUT2D eigenvalue weighted by Gasteiger charge is -2.28. The SMILES string of the molecule is NC(=S)CN(C(=O)CCc1ccco1)C1CCCC1. The molecule has 1 fully saturated rings. The third kappa shape index (κ3) is 4.06. The maximum Gasteiger partial charge on any atom is 0.223 e. The van der Waals surface area contributed by atoms with Gasteiger partial charge in [-0.25, -0.2) is 0 Å². The van der Waals surface area contributed by atoms with Crippen molar-refractivity contribution in [2.75, 3.05) is 6.54 Å². The molecule has 1 aromatic rings. The molecule has 19 heavy (non-hydrogen) atoms. The lowest BCUT2D eigenvalue weighted by Crippen LogP contribution is -2.43.